The Kier molecular flexibility index (Phi) is 6.16. The first-order valence-corrected chi connectivity index (χ1v) is 8.91. The number of hydrogen-bond acceptors (Lipinski definition) is 8. The number of nitrogens with zero attached hydrogens (tertiary/aromatic N) is 6. The molecular weight excluding hydrogens is 388 g/mol. The van der Waals surface area contributed by atoms with Gasteiger partial charge in [-0.05, 0) is 49.7 Å². The molecule has 0 N–H and O–H groups in total. The molecule has 0 saturated carbocycles. The van der Waals surface area contributed by atoms with Crippen LogP contribution >= 0.6 is 0 Å². The van der Waals surface area contributed by atoms with Crippen molar-refractivity contribution in [3.63, 3.8) is 0 Å². The van der Waals surface area contributed by atoms with E-state index >= 15 is 0 Å². The highest BCUT2D eigenvalue weighted by Crippen LogP contribution is 2.26. The molecule has 1 aromatic heterocycles. The second kappa shape index (κ2) is 8.95. The summed E-state index contributed by atoms with van der Waals surface area (Å²) in [6.45, 7) is 3.62. The maximum atomic E-state index is 10.8. The molecule has 30 heavy (non-hydrogen) atoms. The molecule has 0 atom stereocenters. The number of methoxy groups -OCH3 is 2. The highest BCUT2D eigenvalue weighted by atomic mass is 16.6. The zero-order valence-electron chi connectivity index (χ0n) is 16.9. The number of rotatable bonds is 7. The van der Waals surface area contributed by atoms with Gasteiger partial charge in [-0.25, -0.2) is 4.68 Å². The van der Waals surface area contributed by atoms with Gasteiger partial charge in [0.25, 0.3) is 5.69 Å². The van der Waals surface area contributed by atoms with E-state index in [9.17, 15) is 10.1 Å². The standard InChI is InChI=1S/C20H20N6O4/c1-13(22-21-12-15-5-10-18(29-3)19(11-15)30-4)20-14(2)25(24-23-20)16-6-8-17(9-7-16)26(27)28/h5-12H,1-4H3/b21-12+,22-13+. The lowest BCUT2D eigenvalue weighted by Crippen LogP contribution is -2.02. The van der Waals surface area contributed by atoms with Crippen molar-refractivity contribution in [2.45, 2.75) is 13.8 Å². The van der Waals surface area contributed by atoms with Crippen LogP contribution in [-0.4, -0.2) is 46.1 Å². The first-order chi connectivity index (χ1) is 14.4. The van der Waals surface area contributed by atoms with Gasteiger partial charge in [0.1, 0.15) is 5.69 Å². The van der Waals surface area contributed by atoms with Crippen molar-refractivity contribution in [2.75, 3.05) is 14.2 Å². The van der Waals surface area contributed by atoms with Gasteiger partial charge >= 0.3 is 0 Å². The van der Waals surface area contributed by atoms with Crippen molar-refractivity contribution in [1.82, 2.24) is 15.0 Å². The highest BCUT2D eigenvalue weighted by molar-refractivity contribution is 5.98. The molecular formula is C20H20N6O4. The van der Waals surface area contributed by atoms with Crippen molar-refractivity contribution in [1.29, 1.82) is 0 Å². The Morgan fingerprint density at radius 2 is 1.83 bits per heavy atom. The second-order valence-corrected chi connectivity index (χ2v) is 6.25. The molecule has 0 amide bonds. The second-order valence-electron chi connectivity index (χ2n) is 6.25. The Balaban J connectivity index is 1.80. The summed E-state index contributed by atoms with van der Waals surface area (Å²) >= 11 is 0. The predicted molar refractivity (Wildman–Crippen MR) is 112 cm³/mol. The first-order valence-electron chi connectivity index (χ1n) is 8.91. The molecule has 0 saturated heterocycles. The van der Waals surface area contributed by atoms with Gasteiger partial charge in [-0.1, -0.05) is 5.21 Å². The van der Waals surface area contributed by atoms with Gasteiger partial charge in [0.15, 0.2) is 11.5 Å². The van der Waals surface area contributed by atoms with Crippen LogP contribution in [0.3, 0.4) is 0 Å². The lowest BCUT2D eigenvalue weighted by molar-refractivity contribution is -0.384. The maximum Gasteiger partial charge on any atom is 0.269 e. The summed E-state index contributed by atoms with van der Waals surface area (Å²) in [6.07, 6.45) is 1.60. The molecule has 1 heterocycles. The molecule has 0 aliphatic rings. The van der Waals surface area contributed by atoms with Gasteiger partial charge in [-0.3, -0.25) is 10.1 Å². The van der Waals surface area contributed by atoms with Crippen LogP contribution in [0, 0.1) is 17.0 Å². The summed E-state index contributed by atoms with van der Waals surface area (Å²) in [5, 5.41) is 27.4. The Bertz CT molecular complexity index is 1120. The minimum Gasteiger partial charge on any atom is -0.493 e. The number of aromatic nitrogens is 3. The number of benzene rings is 2. The largest absolute Gasteiger partial charge is 0.493 e. The normalized spacial score (nSPS) is 11.7. The Labute approximate surface area is 172 Å². The van der Waals surface area contributed by atoms with Gasteiger partial charge < -0.3 is 9.47 Å². The quantitative estimate of drug-likeness (QED) is 0.336. The fraction of sp³-hybridized carbons (Fsp3) is 0.200. The third kappa shape index (κ3) is 4.32. The SMILES string of the molecule is COc1ccc(/C=N/N=C(\C)c2nnn(-c3ccc([N+](=O)[O-])cc3)c2C)cc1OC. The lowest BCUT2D eigenvalue weighted by Gasteiger charge is -2.07. The molecule has 0 aliphatic carbocycles. The fourth-order valence-corrected chi connectivity index (χ4v) is 2.79. The van der Waals surface area contributed by atoms with Gasteiger partial charge in [0, 0.05) is 12.1 Å². The Morgan fingerprint density at radius 1 is 1.13 bits per heavy atom. The van der Waals surface area contributed by atoms with E-state index in [-0.39, 0.29) is 5.69 Å². The summed E-state index contributed by atoms with van der Waals surface area (Å²) in [4.78, 5) is 10.4. The van der Waals surface area contributed by atoms with Crippen LogP contribution in [0.5, 0.6) is 11.5 Å². The number of hydrogen-bond donors (Lipinski definition) is 0. The topological polar surface area (TPSA) is 117 Å². The fourth-order valence-electron chi connectivity index (χ4n) is 2.79. The van der Waals surface area contributed by atoms with Gasteiger partial charge in [-0.2, -0.15) is 10.2 Å². The van der Waals surface area contributed by atoms with Crippen LogP contribution in [-0.2, 0) is 0 Å². The highest BCUT2D eigenvalue weighted by Gasteiger charge is 2.14. The molecule has 10 nitrogen and oxygen atoms in total. The molecule has 0 aliphatic heterocycles. The van der Waals surface area contributed by atoms with E-state index in [1.807, 2.05) is 13.0 Å². The molecule has 3 aromatic rings. The third-order valence-corrected chi connectivity index (χ3v) is 4.36. The van der Waals surface area contributed by atoms with Crippen molar-refractivity contribution in [3.8, 4) is 17.2 Å². The van der Waals surface area contributed by atoms with Crippen molar-refractivity contribution >= 4 is 17.6 Å². The third-order valence-electron chi connectivity index (χ3n) is 4.36. The monoisotopic (exact) mass is 408 g/mol. The number of nitro benzene ring substituents is 1. The Hall–Kier alpha value is -4.08. The summed E-state index contributed by atoms with van der Waals surface area (Å²) < 4.78 is 12.1. The van der Waals surface area contributed by atoms with Crippen LogP contribution in [0.2, 0.25) is 0 Å². The molecule has 154 valence electrons. The molecule has 0 radical (unpaired) electrons. The molecule has 2 aromatic carbocycles. The van der Waals surface area contributed by atoms with Gasteiger partial charge in [-0.15, -0.1) is 5.10 Å². The van der Waals surface area contributed by atoms with Crippen molar-refractivity contribution in [2.24, 2.45) is 10.2 Å². The van der Waals surface area contributed by atoms with Crippen LogP contribution in [0.25, 0.3) is 5.69 Å². The number of ether oxygens (including phenoxy) is 2. The Morgan fingerprint density at radius 3 is 2.47 bits per heavy atom. The van der Waals surface area contributed by atoms with E-state index < -0.39 is 4.92 Å². The van der Waals surface area contributed by atoms with E-state index in [1.54, 1.807) is 56.3 Å². The van der Waals surface area contributed by atoms with Crippen LogP contribution < -0.4 is 9.47 Å². The smallest absolute Gasteiger partial charge is 0.269 e. The molecule has 0 spiro atoms. The van der Waals surface area contributed by atoms with Gasteiger partial charge in [0.2, 0.25) is 0 Å². The lowest BCUT2D eigenvalue weighted by atomic mass is 10.2. The first kappa shape index (κ1) is 20.6. The summed E-state index contributed by atoms with van der Waals surface area (Å²) in [5.41, 5.74) is 3.38. The van der Waals surface area contributed by atoms with E-state index in [4.69, 9.17) is 9.47 Å². The van der Waals surface area contributed by atoms with Crippen LogP contribution in [0.1, 0.15) is 23.9 Å². The summed E-state index contributed by atoms with van der Waals surface area (Å²) in [6, 6.07) is 11.5. The van der Waals surface area contributed by atoms with Crippen LogP contribution in [0.15, 0.2) is 52.7 Å². The van der Waals surface area contributed by atoms with Crippen molar-refractivity contribution in [3.05, 3.63) is 69.5 Å². The van der Waals surface area contributed by atoms with E-state index in [0.29, 0.717) is 28.6 Å². The van der Waals surface area contributed by atoms with E-state index in [2.05, 4.69) is 20.5 Å². The van der Waals surface area contributed by atoms with E-state index in [0.717, 1.165) is 11.3 Å². The van der Waals surface area contributed by atoms with E-state index in [1.165, 1.54) is 12.1 Å². The zero-order valence-corrected chi connectivity index (χ0v) is 16.9. The number of non-ortho nitro benzene ring substituents is 1. The molecule has 0 unspecified atom stereocenters. The average molecular weight is 408 g/mol. The average Bonchev–Trinajstić information content (AvgIpc) is 3.14. The maximum absolute atomic E-state index is 10.8. The summed E-state index contributed by atoms with van der Waals surface area (Å²) in [7, 11) is 3.14. The zero-order chi connectivity index (χ0) is 21.7. The molecule has 10 heteroatoms. The molecule has 0 fully saturated rings. The van der Waals surface area contributed by atoms with Crippen molar-refractivity contribution < 1.29 is 14.4 Å². The number of nitro groups is 1. The molecule has 0 bridgehead atoms. The minimum atomic E-state index is -0.448. The minimum absolute atomic E-state index is 0.0129. The summed E-state index contributed by atoms with van der Waals surface area (Å²) in [5.74, 6) is 1.23. The van der Waals surface area contributed by atoms with Crippen LogP contribution in [0.4, 0.5) is 5.69 Å². The predicted octanol–water partition coefficient (Wildman–Crippen LogP) is 3.34. The van der Waals surface area contributed by atoms with Gasteiger partial charge in [0.05, 0.1) is 42.5 Å². The molecule has 3 rings (SSSR count).